The fourth-order valence-corrected chi connectivity index (χ4v) is 4.44. The second-order valence-corrected chi connectivity index (χ2v) is 8.98. The first kappa shape index (κ1) is 20.5. The van der Waals surface area contributed by atoms with Crippen LogP contribution in [0.1, 0.15) is 5.56 Å². The topological polar surface area (TPSA) is 69.7 Å². The molecule has 0 saturated carbocycles. The van der Waals surface area contributed by atoms with E-state index in [0.717, 1.165) is 5.56 Å². The highest BCUT2D eigenvalue weighted by molar-refractivity contribution is 7.89. The third-order valence-corrected chi connectivity index (χ3v) is 6.65. The number of likely N-dealkylation sites (N-methyl/N-ethyl adjacent to an activating group) is 1. The van der Waals surface area contributed by atoms with E-state index in [1.807, 2.05) is 7.05 Å². The van der Waals surface area contributed by atoms with Gasteiger partial charge in [0.2, 0.25) is 15.9 Å². The first-order valence-corrected chi connectivity index (χ1v) is 10.7. The van der Waals surface area contributed by atoms with Gasteiger partial charge in [0.1, 0.15) is 0 Å². The molecular weight excluding hydrogens is 398 g/mol. The second kappa shape index (κ2) is 8.87. The molecule has 0 radical (unpaired) electrons. The molecule has 28 heavy (non-hydrogen) atoms. The van der Waals surface area contributed by atoms with Gasteiger partial charge in [-0.2, -0.15) is 4.31 Å². The van der Waals surface area contributed by atoms with Crippen LogP contribution in [0.3, 0.4) is 0 Å². The maximum atomic E-state index is 12.8. The molecule has 148 valence electrons. The van der Waals surface area contributed by atoms with Crippen molar-refractivity contribution < 1.29 is 13.2 Å². The Morgan fingerprint density at radius 3 is 2.43 bits per heavy atom. The fourth-order valence-electron chi connectivity index (χ4n) is 2.84. The van der Waals surface area contributed by atoms with Gasteiger partial charge in [0.05, 0.1) is 4.90 Å². The Kier molecular flexibility index (Phi) is 6.51. The van der Waals surface area contributed by atoms with Gasteiger partial charge in [-0.3, -0.25) is 4.79 Å². The van der Waals surface area contributed by atoms with Crippen molar-refractivity contribution in [3.63, 3.8) is 0 Å². The Balaban J connectivity index is 1.69. The van der Waals surface area contributed by atoms with Gasteiger partial charge in [-0.05, 0) is 49.0 Å². The zero-order valence-electron chi connectivity index (χ0n) is 15.5. The summed E-state index contributed by atoms with van der Waals surface area (Å²) in [5.41, 5.74) is 1.27. The number of amides is 1. The molecule has 0 unspecified atom stereocenters. The molecule has 0 spiro atoms. The number of halogens is 1. The van der Waals surface area contributed by atoms with E-state index in [0.29, 0.717) is 36.9 Å². The molecule has 0 aliphatic carbocycles. The minimum atomic E-state index is -3.58. The van der Waals surface area contributed by atoms with Crippen molar-refractivity contribution in [1.29, 1.82) is 0 Å². The second-order valence-electron chi connectivity index (χ2n) is 6.61. The third-order valence-electron chi connectivity index (χ3n) is 4.50. The van der Waals surface area contributed by atoms with Crippen LogP contribution in [0.5, 0.6) is 0 Å². The number of nitrogens with one attached hydrogen (secondary N) is 1. The van der Waals surface area contributed by atoms with Crippen LogP contribution in [-0.4, -0.2) is 56.8 Å². The van der Waals surface area contributed by atoms with Crippen LogP contribution in [0, 0.1) is 0 Å². The first-order valence-electron chi connectivity index (χ1n) is 8.88. The SMILES string of the molecule is CN1CCN(S(=O)(=O)c2cccc(NC(=O)/C=C/c3ccc(Cl)cc3)c2)CC1. The molecule has 1 N–H and O–H groups in total. The zero-order chi connectivity index (χ0) is 20.1. The van der Waals surface area contributed by atoms with Crippen molar-refractivity contribution in [2.45, 2.75) is 4.90 Å². The molecule has 1 fully saturated rings. The summed E-state index contributed by atoms with van der Waals surface area (Å²) < 4.78 is 27.2. The van der Waals surface area contributed by atoms with Crippen LogP contribution in [0.25, 0.3) is 6.08 Å². The average molecular weight is 420 g/mol. The molecule has 8 heteroatoms. The third kappa shape index (κ3) is 5.20. The lowest BCUT2D eigenvalue weighted by molar-refractivity contribution is -0.111. The highest BCUT2D eigenvalue weighted by Crippen LogP contribution is 2.21. The standard InChI is InChI=1S/C20H22ClN3O3S/c1-23-11-13-24(14-12-23)28(26,27)19-4-2-3-18(15-19)22-20(25)10-7-16-5-8-17(21)9-6-16/h2-10,15H,11-14H2,1H3,(H,22,25)/b10-7+. The van der Waals surface area contributed by atoms with Crippen molar-refractivity contribution in [2.24, 2.45) is 0 Å². The van der Waals surface area contributed by atoms with Crippen LogP contribution in [0.15, 0.2) is 59.5 Å². The Hall–Kier alpha value is -2.19. The van der Waals surface area contributed by atoms with Gasteiger partial charge in [-0.1, -0.05) is 29.8 Å². The van der Waals surface area contributed by atoms with Crippen LogP contribution in [0.4, 0.5) is 5.69 Å². The highest BCUT2D eigenvalue weighted by atomic mass is 35.5. The number of carbonyl (C=O) groups excluding carboxylic acids is 1. The molecule has 1 saturated heterocycles. The van der Waals surface area contributed by atoms with Gasteiger partial charge >= 0.3 is 0 Å². The molecular formula is C20H22ClN3O3S. The highest BCUT2D eigenvalue weighted by Gasteiger charge is 2.27. The average Bonchev–Trinajstić information content (AvgIpc) is 2.68. The zero-order valence-corrected chi connectivity index (χ0v) is 17.1. The normalized spacial score (nSPS) is 16.4. The van der Waals surface area contributed by atoms with Gasteiger partial charge in [-0.15, -0.1) is 0 Å². The molecule has 1 heterocycles. The number of piperazine rings is 1. The number of sulfonamides is 1. The molecule has 2 aromatic carbocycles. The Morgan fingerprint density at radius 2 is 1.75 bits per heavy atom. The van der Waals surface area contributed by atoms with E-state index in [-0.39, 0.29) is 10.8 Å². The number of hydrogen-bond donors (Lipinski definition) is 1. The van der Waals surface area contributed by atoms with E-state index in [2.05, 4.69) is 10.2 Å². The predicted molar refractivity (Wildman–Crippen MR) is 112 cm³/mol. The minimum Gasteiger partial charge on any atom is -0.322 e. The van der Waals surface area contributed by atoms with Gasteiger partial charge < -0.3 is 10.2 Å². The van der Waals surface area contributed by atoms with Crippen molar-refractivity contribution in [3.05, 3.63) is 65.2 Å². The van der Waals surface area contributed by atoms with Gasteiger partial charge in [-0.25, -0.2) is 8.42 Å². The molecule has 1 amide bonds. The summed E-state index contributed by atoms with van der Waals surface area (Å²) in [6.45, 7) is 2.31. The van der Waals surface area contributed by atoms with E-state index in [4.69, 9.17) is 11.6 Å². The molecule has 0 atom stereocenters. The van der Waals surface area contributed by atoms with Crippen LogP contribution in [0.2, 0.25) is 5.02 Å². The molecule has 3 rings (SSSR count). The molecule has 0 bridgehead atoms. The first-order chi connectivity index (χ1) is 13.3. The summed E-state index contributed by atoms with van der Waals surface area (Å²) in [6.07, 6.45) is 3.06. The summed E-state index contributed by atoms with van der Waals surface area (Å²) in [5, 5.41) is 3.33. The lowest BCUT2D eigenvalue weighted by atomic mass is 10.2. The maximum absolute atomic E-state index is 12.8. The molecule has 0 aromatic heterocycles. The van der Waals surface area contributed by atoms with Gasteiger partial charge in [0.15, 0.2) is 0 Å². The molecule has 1 aliphatic rings. The number of hydrogen-bond acceptors (Lipinski definition) is 4. The Labute approximate surface area is 170 Å². The van der Waals surface area contributed by atoms with Crippen LogP contribution in [-0.2, 0) is 14.8 Å². The van der Waals surface area contributed by atoms with Crippen molar-refractivity contribution in [3.8, 4) is 0 Å². The monoisotopic (exact) mass is 419 g/mol. The van der Waals surface area contributed by atoms with E-state index < -0.39 is 10.0 Å². The number of benzene rings is 2. The van der Waals surface area contributed by atoms with Gasteiger partial charge in [0, 0.05) is 43.0 Å². The number of carbonyl (C=O) groups is 1. The lowest BCUT2D eigenvalue weighted by Crippen LogP contribution is -2.47. The van der Waals surface area contributed by atoms with Crippen molar-refractivity contribution in [2.75, 3.05) is 38.5 Å². The summed E-state index contributed by atoms with van der Waals surface area (Å²) >= 11 is 5.84. The van der Waals surface area contributed by atoms with E-state index >= 15 is 0 Å². The summed E-state index contributed by atoms with van der Waals surface area (Å²) in [4.78, 5) is 14.4. The van der Waals surface area contributed by atoms with Crippen LogP contribution >= 0.6 is 11.6 Å². The summed E-state index contributed by atoms with van der Waals surface area (Å²) in [6, 6.07) is 13.4. The van der Waals surface area contributed by atoms with Gasteiger partial charge in [0.25, 0.3) is 0 Å². The Morgan fingerprint density at radius 1 is 1.07 bits per heavy atom. The van der Waals surface area contributed by atoms with E-state index in [1.54, 1.807) is 48.5 Å². The van der Waals surface area contributed by atoms with Crippen molar-refractivity contribution >= 4 is 39.3 Å². The molecule has 1 aliphatic heterocycles. The number of rotatable bonds is 5. The molecule has 6 nitrogen and oxygen atoms in total. The quantitative estimate of drug-likeness (QED) is 0.756. The summed E-state index contributed by atoms with van der Waals surface area (Å²) in [7, 11) is -1.61. The molecule has 2 aromatic rings. The number of anilines is 1. The predicted octanol–water partition coefficient (Wildman–Crippen LogP) is 2.93. The van der Waals surface area contributed by atoms with Crippen molar-refractivity contribution in [1.82, 2.24) is 9.21 Å². The fraction of sp³-hybridized carbons (Fsp3) is 0.250. The number of nitrogens with zero attached hydrogens (tertiary/aromatic N) is 2. The van der Waals surface area contributed by atoms with E-state index in [1.165, 1.54) is 16.4 Å². The minimum absolute atomic E-state index is 0.177. The smallest absolute Gasteiger partial charge is 0.248 e. The summed E-state index contributed by atoms with van der Waals surface area (Å²) in [5.74, 6) is -0.343. The Bertz CT molecular complexity index is 966. The maximum Gasteiger partial charge on any atom is 0.248 e. The largest absolute Gasteiger partial charge is 0.322 e. The van der Waals surface area contributed by atoms with E-state index in [9.17, 15) is 13.2 Å². The lowest BCUT2D eigenvalue weighted by Gasteiger charge is -2.31. The van der Waals surface area contributed by atoms with Crippen LogP contribution < -0.4 is 5.32 Å².